The van der Waals surface area contributed by atoms with Gasteiger partial charge in [0, 0.05) is 24.7 Å². The standard InChI is InChI=1S/C14H20N2O/c1-10-5-6-12(8-11(10)2)14(17)16-7-3-4-13(16)9-15/h5-6,8,13H,3-4,7,9,15H2,1-2H3/t13-/m0/s1. The van der Waals surface area contributed by atoms with Crippen LogP contribution in [0.1, 0.15) is 34.3 Å². The number of benzene rings is 1. The Labute approximate surface area is 103 Å². The Morgan fingerprint density at radius 2 is 2.18 bits per heavy atom. The quantitative estimate of drug-likeness (QED) is 0.846. The molecule has 1 atom stereocenters. The van der Waals surface area contributed by atoms with Crippen LogP contribution in [-0.4, -0.2) is 29.9 Å². The molecule has 1 aromatic rings. The molecule has 0 saturated carbocycles. The fourth-order valence-corrected chi connectivity index (χ4v) is 2.39. The van der Waals surface area contributed by atoms with E-state index < -0.39 is 0 Å². The minimum absolute atomic E-state index is 0.126. The number of likely N-dealkylation sites (tertiary alicyclic amines) is 1. The summed E-state index contributed by atoms with van der Waals surface area (Å²) in [6.07, 6.45) is 2.10. The second kappa shape index (κ2) is 4.88. The predicted octanol–water partition coefficient (Wildman–Crippen LogP) is 1.87. The summed E-state index contributed by atoms with van der Waals surface area (Å²) in [4.78, 5) is 14.3. The van der Waals surface area contributed by atoms with Gasteiger partial charge in [-0.3, -0.25) is 4.79 Å². The monoisotopic (exact) mass is 232 g/mol. The van der Waals surface area contributed by atoms with Crippen LogP contribution < -0.4 is 5.73 Å². The predicted molar refractivity (Wildman–Crippen MR) is 69.0 cm³/mol. The Morgan fingerprint density at radius 3 is 2.82 bits per heavy atom. The van der Waals surface area contributed by atoms with Gasteiger partial charge in [-0.15, -0.1) is 0 Å². The number of hydrogen-bond donors (Lipinski definition) is 1. The average Bonchev–Trinajstić information content (AvgIpc) is 2.80. The second-order valence-corrected chi connectivity index (χ2v) is 4.83. The van der Waals surface area contributed by atoms with Gasteiger partial charge < -0.3 is 10.6 Å². The van der Waals surface area contributed by atoms with E-state index in [-0.39, 0.29) is 11.9 Å². The number of nitrogens with two attached hydrogens (primary N) is 1. The van der Waals surface area contributed by atoms with Gasteiger partial charge in [-0.1, -0.05) is 6.07 Å². The molecule has 0 spiro atoms. The lowest BCUT2D eigenvalue weighted by molar-refractivity contribution is 0.0741. The molecule has 1 aliphatic rings. The lowest BCUT2D eigenvalue weighted by Gasteiger charge is -2.23. The van der Waals surface area contributed by atoms with Crippen molar-refractivity contribution in [1.29, 1.82) is 0 Å². The summed E-state index contributed by atoms with van der Waals surface area (Å²) < 4.78 is 0. The van der Waals surface area contributed by atoms with Crippen LogP contribution in [0.2, 0.25) is 0 Å². The molecule has 2 N–H and O–H groups in total. The Morgan fingerprint density at radius 1 is 1.41 bits per heavy atom. The summed E-state index contributed by atoms with van der Waals surface area (Å²) in [5.41, 5.74) is 8.87. The van der Waals surface area contributed by atoms with Crippen LogP contribution >= 0.6 is 0 Å². The Hall–Kier alpha value is -1.35. The Kier molecular flexibility index (Phi) is 3.48. The second-order valence-electron chi connectivity index (χ2n) is 4.83. The van der Waals surface area contributed by atoms with Gasteiger partial charge in [0.1, 0.15) is 0 Å². The van der Waals surface area contributed by atoms with Gasteiger partial charge >= 0.3 is 0 Å². The van der Waals surface area contributed by atoms with Gasteiger partial charge in [0.15, 0.2) is 0 Å². The minimum Gasteiger partial charge on any atom is -0.334 e. The third kappa shape index (κ3) is 2.34. The summed E-state index contributed by atoms with van der Waals surface area (Å²) in [5, 5.41) is 0. The summed E-state index contributed by atoms with van der Waals surface area (Å²) in [7, 11) is 0. The van der Waals surface area contributed by atoms with Crippen molar-refractivity contribution >= 4 is 5.91 Å². The zero-order valence-electron chi connectivity index (χ0n) is 10.6. The fraction of sp³-hybridized carbons (Fsp3) is 0.500. The molecule has 17 heavy (non-hydrogen) atoms. The molecule has 1 heterocycles. The third-order valence-corrected chi connectivity index (χ3v) is 3.66. The first kappa shape index (κ1) is 12.1. The maximum absolute atomic E-state index is 12.4. The van der Waals surface area contributed by atoms with Crippen molar-refractivity contribution in [3.8, 4) is 0 Å². The molecular formula is C14H20N2O. The van der Waals surface area contributed by atoms with E-state index in [0.717, 1.165) is 24.9 Å². The number of hydrogen-bond acceptors (Lipinski definition) is 2. The van der Waals surface area contributed by atoms with Crippen molar-refractivity contribution < 1.29 is 4.79 Å². The minimum atomic E-state index is 0.126. The molecule has 0 aliphatic carbocycles. The van der Waals surface area contributed by atoms with Gasteiger partial charge in [0.2, 0.25) is 0 Å². The van der Waals surface area contributed by atoms with Crippen LogP contribution in [0.4, 0.5) is 0 Å². The van der Waals surface area contributed by atoms with Gasteiger partial charge in [-0.25, -0.2) is 0 Å². The van der Waals surface area contributed by atoms with Crippen LogP contribution in [0.15, 0.2) is 18.2 Å². The van der Waals surface area contributed by atoms with Crippen molar-refractivity contribution in [1.82, 2.24) is 4.90 Å². The van der Waals surface area contributed by atoms with Crippen LogP contribution in [0, 0.1) is 13.8 Å². The topological polar surface area (TPSA) is 46.3 Å². The van der Waals surface area contributed by atoms with Crippen molar-refractivity contribution in [3.05, 3.63) is 34.9 Å². The highest BCUT2D eigenvalue weighted by atomic mass is 16.2. The number of aryl methyl sites for hydroxylation is 2. The van der Waals surface area contributed by atoms with E-state index in [2.05, 4.69) is 6.92 Å². The van der Waals surface area contributed by atoms with E-state index >= 15 is 0 Å². The largest absolute Gasteiger partial charge is 0.334 e. The molecule has 3 nitrogen and oxygen atoms in total. The SMILES string of the molecule is Cc1ccc(C(=O)N2CCC[C@H]2CN)cc1C. The molecule has 1 fully saturated rings. The van der Waals surface area contributed by atoms with E-state index in [9.17, 15) is 4.79 Å². The van der Waals surface area contributed by atoms with Crippen molar-refractivity contribution in [2.75, 3.05) is 13.1 Å². The number of carbonyl (C=O) groups is 1. The number of amides is 1. The van der Waals surface area contributed by atoms with Gasteiger partial charge in [0.05, 0.1) is 0 Å². The average molecular weight is 232 g/mol. The zero-order chi connectivity index (χ0) is 12.4. The van der Waals surface area contributed by atoms with E-state index in [1.54, 1.807) is 0 Å². The highest BCUT2D eigenvalue weighted by Gasteiger charge is 2.28. The first-order chi connectivity index (χ1) is 8.13. The van der Waals surface area contributed by atoms with Crippen LogP contribution in [0.5, 0.6) is 0 Å². The van der Waals surface area contributed by atoms with E-state index in [0.29, 0.717) is 6.54 Å². The zero-order valence-corrected chi connectivity index (χ0v) is 10.6. The van der Waals surface area contributed by atoms with E-state index in [1.165, 1.54) is 11.1 Å². The summed E-state index contributed by atoms with van der Waals surface area (Å²) in [6.45, 7) is 5.50. The Balaban J connectivity index is 2.21. The van der Waals surface area contributed by atoms with Crippen LogP contribution in [0.25, 0.3) is 0 Å². The molecule has 0 bridgehead atoms. The first-order valence-corrected chi connectivity index (χ1v) is 6.21. The lowest BCUT2D eigenvalue weighted by Crippen LogP contribution is -2.39. The first-order valence-electron chi connectivity index (χ1n) is 6.21. The highest BCUT2D eigenvalue weighted by molar-refractivity contribution is 5.94. The molecule has 0 aromatic heterocycles. The maximum atomic E-state index is 12.4. The third-order valence-electron chi connectivity index (χ3n) is 3.66. The smallest absolute Gasteiger partial charge is 0.254 e. The summed E-state index contributed by atoms with van der Waals surface area (Å²) in [5.74, 6) is 0.126. The van der Waals surface area contributed by atoms with Crippen molar-refractivity contribution in [2.45, 2.75) is 32.7 Å². The summed E-state index contributed by atoms with van der Waals surface area (Å²) >= 11 is 0. The summed E-state index contributed by atoms with van der Waals surface area (Å²) in [6, 6.07) is 6.13. The number of rotatable bonds is 2. The Bertz CT molecular complexity index is 428. The number of carbonyl (C=O) groups excluding carboxylic acids is 1. The molecule has 1 saturated heterocycles. The van der Waals surface area contributed by atoms with Gasteiger partial charge in [-0.05, 0) is 49.9 Å². The van der Waals surface area contributed by atoms with Crippen LogP contribution in [-0.2, 0) is 0 Å². The molecule has 3 heteroatoms. The molecule has 1 aliphatic heterocycles. The fourth-order valence-electron chi connectivity index (χ4n) is 2.39. The van der Waals surface area contributed by atoms with E-state index in [1.807, 2.05) is 30.0 Å². The molecule has 0 unspecified atom stereocenters. The molecule has 1 aromatic carbocycles. The number of nitrogens with zero attached hydrogens (tertiary/aromatic N) is 1. The van der Waals surface area contributed by atoms with Crippen molar-refractivity contribution in [3.63, 3.8) is 0 Å². The van der Waals surface area contributed by atoms with Crippen molar-refractivity contribution in [2.24, 2.45) is 5.73 Å². The maximum Gasteiger partial charge on any atom is 0.254 e. The normalized spacial score (nSPS) is 19.7. The van der Waals surface area contributed by atoms with Crippen LogP contribution in [0.3, 0.4) is 0 Å². The van der Waals surface area contributed by atoms with Gasteiger partial charge in [0.25, 0.3) is 5.91 Å². The molecule has 2 rings (SSSR count). The molecule has 92 valence electrons. The molecule has 1 amide bonds. The highest BCUT2D eigenvalue weighted by Crippen LogP contribution is 2.20. The van der Waals surface area contributed by atoms with E-state index in [4.69, 9.17) is 5.73 Å². The molecule has 0 radical (unpaired) electrons. The lowest BCUT2D eigenvalue weighted by atomic mass is 10.1. The van der Waals surface area contributed by atoms with Gasteiger partial charge in [-0.2, -0.15) is 0 Å². The molecular weight excluding hydrogens is 212 g/mol.